The van der Waals surface area contributed by atoms with E-state index < -0.39 is 11.4 Å². The van der Waals surface area contributed by atoms with E-state index in [-0.39, 0.29) is 17.7 Å². The Morgan fingerprint density at radius 2 is 1.68 bits per heavy atom. The molecule has 0 spiro atoms. The van der Waals surface area contributed by atoms with Gasteiger partial charge in [-0.25, -0.2) is 0 Å². The van der Waals surface area contributed by atoms with Crippen LogP contribution in [0.2, 0.25) is 0 Å². The lowest BCUT2D eigenvalue weighted by Gasteiger charge is -2.37. The Morgan fingerprint density at radius 1 is 1.04 bits per heavy atom. The van der Waals surface area contributed by atoms with Crippen molar-refractivity contribution < 1.29 is 14.4 Å². The van der Waals surface area contributed by atoms with Crippen LogP contribution in [0.1, 0.15) is 50.5 Å². The summed E-state index contributed by atoms with van der Waals surface area (Å²) < 4.78 is 0. The van der Waals surface area contributed by atoms with Gasteiger partial charge < -0.3 is 16.0 Å². The zero-order valence-electron chi connectivity index (χ0n) is 16.2. The van der Waals surface area contributed by atoms with Crippen molar-refractivity contribution in [3.05, 3.63) is 42.0 Å². The van der Waals surface area contributed by atoms with Crippen molar-refractivity contribution in [3.8, 4) is 0 Å². The summed E-state index contributed by atoms with van der Waals surface area (Å²) in [6.07, 6.45) is 8.72. The zero-order chi connectivity index (χ0) is 20.0. The normalized spacial score (nSPS) is 20.1. The quantitative estimate of drug-likeness (QED) is 0.764. The summed E-state index contributed by atoms with van der Waals surface area (Å²) >= 11 is 0. The fraction of sp³-hybridized carbons (Fsp3) is 0.500. The zero-order valence-corrected chi connectivity index (χ0v) is 16.2. The lowest BCUT2D eigenvalue weighted by molar-refractivity contribution is -0.137. The molecule has 1 aromatic carbocycles. The van der Waals surface area contributed by atoms with E-state index in [0.717, 1.165) is 24.8 Å². The van der Waals surface area contributed by atoms with Crippen molar-refractivity contribution in [2.45, 2.75) is 50.5 Å². The predicted octanol–water partition coefficient (Wildman–Crippen LogP) is 2.24. The van der Waals surface area contributed by atoms with Crippen LogP contribution >= 0.6 is 0 Å². The van der Waals surface area contributed by atoms with Crippen molar-refractivity contribution >= 4 is 23.8 Å². The molecular formula is C22H29N3O3. The molecule has 1 heterocycles. The van der Waals surface area contributed by atoms with Crippen molar-refractivity contribution in [2.75, 3.05) is 13.1 Å². The fourth-order valence-corrected chi connectivity index (χ4v) is 4.13. The van der Waals surface area contributed by atoms with Crippen LogP contribution in [-0.2, 0) is 14.4 Å². The first-order valence-electron chi connectivity index (χ1n) is 10.1. The van der Waals surface area contributed by atoms with Gasteiger partial charge in [-0.15, -0.1) is 0 Å². The molecule has 0 aromatic heterocycles. The third kappa shape index (κ3) is 4.80. The van der Waals surface area contributed by atoms with Crippen molar-refractivity contribution in [2.24, 2.45) is 11.7 Å². The van der Waals surface area contributed by atoms with Crippen LogP contribution in [0.15, 0.2) is 36.4 Å². The smallest absolute Gasteiger partial charge is 0.246 e. The number of carbonyl (C=O) groups is 3. The first-order valence-corrected chi connectivity index (χ1v) is 10.1. The summed E-state index contributed by atoms with van der Waals surface area (Å²) in [6.45, 7) is 1.08. The van der Waals surface area contributed by atoms with E-state index in [1.807, 2.05) is 30.3 Å². The SMILES string of the molecule is NC(=O)C1(NC(=O)C2CCN(C(=O)C=Cc3ccccc3)CC2)CCCCC1. The molecule has 1 saturated heterocycles. The van der Waals surface area contributed by atoms with Gasteiger partial charge in [0.1, 0.15) is 5.54 Å². The number of nitrogens with zero attached hydrogens (tertiary/aromatic N) is 1. The minimum Gasteiger partial charge on any atom is -0.368 e. The predicted molar refractivity (Wildman–Crippen MR) is 108 cm³/mol. The second kappa shape index (κ2) is 9.04. The summed E-state index contributed by atoms with van der Waals surface area (Å²) in [7, 11) is 0. The molecule has 3 amide bonds. The average molecular weight is 383 g/mol. The summed E-state index contributed by atoms with van der Waals surface area (Å²) in [5.41, 5.74) is 5.70. The largest absolute Gasteiger partial charge is 0.368 e. The highest BCUT2D eigenvalue weighted by Crippen LogP contribution is 2.29. The topological polar surface area (TPSA) is 92.5 Å². The summed E-state index contributed by atoms with van der Waals surface area (Å²) in [5, 5.41) is 2.96. The van der Waals surface area contributed by atoms with E-state index in [4.69, 9.17) is 5.73 Å². The molecule has 2 aliphatic rings. The first-order chi connectivity index (χ1) is 13.5. The Hall–Kier alpha value is -2.63. The second-order valence-corrected chi connectivity index (χ2v) is 7.84. The molecule has 0 atom stereocenters. The van der Waals surface area contributed by atoms with E-state index in [1.54, 1.807) is 17.1 Å². The molecule has 3 rings (SSSR count). The van der Waals surface area contributed by atoms with E-state index in [1.165, 1.54) is 0 Å². The molecular weight excluding hydrogens is 354 g/mol. The number of hydrogen-bond donors (Lipinski definition) is 2. The molecule has 6 heteroatoms. The fourth-order valence-electron chi connectivity index (χ4n) is 4.13. The molecule has 0 radical (unpaired) electrons. The standard InChI is InChI=1S/C22H29N3O3/c23-21(28)22(13-5-2-6-14-22)24-20(27)18-11-15-25(16-12-18)19(26)10-9-17-7-3-1-4-8-17/h1,3-4,7-10,18H,2,5-6,11-16H2,(H2,23,28)(H,24,27). The Balaban J connectivity index is 1.51. The molecule has 1 aromatic rings. The van der Waals surface area contributed by atoms with E-state index in [0.29, 0.717) is 38.8 Å². The third-order valence-corrected chi connectivity index (χ3v) is 5.94. The molecule has 6 nitrogen and oxygen atoms in total. The van der Waals surface area contributed by atoms with Gasteiger partial charge in [0.15, 0.2) is 0 Å². The number of hydrogen-bond acceptors (Lipinski definition) is 3. The Kier molecular flexibility index (Phi) is 6.49. The van der Waals surface area contributed by atoms with Gasteiger partial charge in [-0.2, -0.15) is 0 Å². The molecule has 1 saturated carbocycles. The molecule has 1 aliphatic carbocycles. The Bertz CT molecular complexity index is 731. The van der Waals surface area contributed by atoms with Crippen LogP contribution in [-0.4, -0.2) is 41.2 Å². The van der Waals surface area contributed by atoms with Gasteiger partial charge in [0.2, 0.25) is 17.7 Å². The van der Waals surface area contributed by atoms with Crippen LogP contribution in [0.5, 0.6) is 0 Å². The number of carbonyl (C=O) groups excluding carboxylic acids is 3. The van der Waals surface area contributed by atoms with Crippen LogP contribution in [0, 0.1) is 5.92 Å². The van der Waals surface area contributed by atoms with Crippen LogP contribution < -0.4 is 11.1 Å². The molecule has 150 valence electrons. The lowest BCUT2D eigenvalue weighted by atomic mass is 9.80. The minimum atomic E-state index is -0.888. The van der Waals surface area contributed by atoms with Crippen molar-refractivity contribution in [3.63, 3.8) is 0 Å². The van der Waals surface area contributed by atoms with Gasteiger partial charge in [0.25, 0.3) is 0 Å². The monoisotopic (exact) mass is 383 g/mol. The highest BCUT2D eigenvalue weighted by molar-refractivity contribution is 5.93. The second-order valence-electron chi connectivity index (χ2n) is 7.84. The minimum absolute atomic E-state index is 0.0383. The maximum absolute atomic E-state index is 12.7. The highest BCUT2D eigenvalue weighted by Gasteiger charge is 2.40. The summed E-state index contributed by atoms with van der Waals surface area (Å²) in [5.74, 6) is -0.754. The number of likely N-dealkylation sites (tertiary alicyclic amines) is 1. The van der Waals surface area contributed by atoms with Gasteiger partial charge in [-0.05, 0) is 37.3 Å². The number of primary amides is 1. The highest BCUT2D eigenvalue weighted by atomic mass is 16.2. The molecule has 0 bridgehead atoms. The number of nitrogens with one attached hydrogen (secondary N) is 1. The number of benzene rings is 1. The number of rotatable bonds is 5. The number of amides is 3. The van der Waals surface area contributed by atoms with Gasteiger partial charge in [-0.3, -0.25) is 14.4 Å². The van der Waals surface area contributed by atoms with Crippen LogP contribution in [0.25, 0.3) is 6.08 Å². The maximum Gasteiger partial charge on any atom is 0.246 e. The summed E-state index contributed by atoms with van der Waals surface area (Å²) in [4.78, 5) is 38.9. The Labute approximate surface area is 166 Å². The van der Waals surface area contributed by atoms with Gasteiger partial charge in [-0.1, -0.05) is 49.6 Å². The van der Waals surface area contributed by atoms with Crippen molar-refractivity contribution in [1.29, 1.82) is 0 Å². The van der Waals surface area contributed by atoms with Gasteiger partial charge in [0.05, 0.1) is 0 Å². The average Bonchev–Trinajstić information content (AvgIpc) is 2.73. The maximum atomic E-state index is 12.7. The van der Waals surface area contributed by atoms with E-state index >= 15 is 0 Å². The van der Waals surface area contributed by atoms with E-state index in [9.17, 15) is 14.4 Å². The summed E-state index contributed by atoms with van der Waals surface area (Å²) in [6, 6.07) is 9.68. The molecule has 3 N–H and O–H groups in total. The Morgan fingerprint density at radius 3 is 2.29 bits per heavy atom. The number of piperidine rings is 1. The molecule has 0 unspecified atom stereocenters. The van der Waals surface area contributed by atoms with Crippen molar-refractivity contribution in [1.82, 2.24) is 10.2 Å². The number of nitrogens with two attached hydrogens (primary N) is 1. The van der Waals surface area contributed by atoms with Crippen LogP contribution in [0.4, 0.5) is 0 Å². The lowest BCUT2D eigenvalue weighted by Crippen LogP contribution is -2.60. The molecule has 1 aliphatic heterocycles. The molecule has 28 heavy (non-hydrogen) atoms. The first kappa shape index (κ1) is 20.1. The molecule has 2 fully saturated rings. The van der Waals surface area contributed by atoms with Gasteiger partial charge >= 0.3 is 0 Å². The van der Waals surface area contributed by atoms with E-state index in [2.05, 4.69) is 5.32 Å². The third-order valence-electron chi connectivity index (χ3n) is 5.94. The van der Waals surface area contributed by atoms with Gasteiger partial charge in [0, 0.05) is 25.1 Å². The van der Waals surface area contributed by atoms with Crippen LogP contribution in [0.3, 0.4) is 0 Å².